The topological polar surface area (TPSA) is 43.8 Å². The standard InChI is InChI=1S/C14H17N3/c1-10-8-16-9-17(10)14-4-2-3-11-7-12(15)5-6-13(11)14/h5-9,14H,2-4,15H2,1H3. The summed E-state index contributed by atoms with van der Waals surface area (Å²) in [5.41, 5.74) is 10.8. The van der Waals surface area contributed by atoms with E-state index in [-0.39, 0.29) is 0 Å². The molecule has 3 heteroatoms. The Morgan fingerprint density at radius 2 is 2.29 bits per heavy atom. The van der Waals surface area contributed by atoms with E-state index in [1.165, 1.54) is 29.7 Å². The van der Waals surface area contributed by atoms with Gasteiger partial charge in [-0.15, -0.1) is 0 Å². The number of imidazole rings is 1. The van der Waals surface area contributed by atoms with Gasteiger partial charge in [0.1, 0.15) is 0 Å². The van der Waals surface area contributed by atoms with Crippen LogP contribution in [0.25, 0.3) is 0 Å². The van der Waals surface area contributed by atoms with Gasteiger partial charge in [0.05, 0.1) is 12.4 Å². The van der Waals surface area contributed by atoms with Gasteiger partial charge in [0.2, 0.25) is 0 Å². The molecule has 0 radical (unpaired) electrons. The van der Waals surface area contributed by atoms with Gasteiger partial charge in [0, 0.05) is 17.6 Å². The molecule has 17 heavy (non-hydrogen) atoms. The predicted molar refractivity (Wildman–Crippen MR) is 68.9 cm³/mol. The zero-order valence-corrected chi connectivity index (χ0v) is 10.1. The van der Waals surface area contributed by atoms with Gasteiger partial charge in [-0.3, -0.25) is 0 Å². The molecule has 0 spiro atoms. The summed E-state index contributed by atoms with van der Waals surface area (Å²) in [6.07, 6.45) is 7.41. The number of hydrogen-bond acceptors (Lipinski definition) is 2. The Labute approximate surface area is 101 Å². The average Bonchev–Trinajstić information content (AvgIpc) is 2.74. The van der Waals surface area contributed by atoms with Crippen LogP contribution in [0, 0.1) is 6.92 Å². The van der Waals surface area contributed by atoms with E-state index < -0.39 is 0 Å². The van der Waals surface area contributed by atoms with Gasteiger partial charge in [-0.05, 0) is 49.4 Å². The number of aryl methyl sites for hydroxylation is 2. The van der Waals surface area contributed by atoms with E-state index in [0.29, 0.717) is 6.04 Å². The fraction of sp³-hybridized carbons (Fsp3) is 0.357. The number of nitrogen functional groups attached to an aromatic ring is 1. The van der Waals surface area contributed by atoms with E-state index >= 15 is 0 Å². The zero-order valence-electron chi connectivity index (χ0n) is 10.1. The molecule has 2 N–H and O–H groups in total. The van der Waals surface area contributed by atoms with Crippen LogP contribution >= 0.6 is 0 Å². The fourth-order valence-electron chi connectivity index (χ4n) is 2.79. The highest BCUT2D eigenvalue weighted by Gasteiger charge is 2.22. The van der Waals surface area contributed by atoms with E-state index in [1.807, 2.05) is 18.6 Å². The van der Waals surface area contributed by atoms with Gasteiger partial charge in [0.25, 0.3) is 0 Å². The number of aromatic nitrogens is 2. The van der Waals surface area contributed by atoms with Gasteiger partial charge in [-0.25, -0.2) is 4.98 Å². The van der Waals surface area contributed by atoms with Gasteiger partial charge in [0.15, 0.2) is 0 Å². The minimum absolute atomic E-state index is 0.432. The molecule has 1 aliphatic rings. The Morgan fingerprint density at radius 1 is 1.41 bits per heavy atom. The van der Waals surface area contributed by atoms with Crippen LogP contribution < -0.4 is 5.73 Å². The molecule has 3 rings (SSSR count). The van der Waals surface area contributed by atoms with Crippen molar-refractivity contribution in [3.63, 3.8) is 0 Å². The summed E-state index contributed by atoms with van der Waals surface area (Å²) < 4.78 is 2.27. The first kappa shape index (κ1) is 10.4. The molecule has 1 atom stereocenters. The lowest BCUT2D eigenvalue weighted by molar-refractivity contribution is 0.482. The lowest BCUT2D eigenvalue weighted by atomic mass is 9.87. The number of nitrogens with zero attached hydrogens (tertiary/aromatic N) is 2. The van der Waals surface area contributed by atoms with Crippen molar-refractivity contribution in [1.29, 1.82) is 0 Å². The van der Waals surface area contributed by atoms with Crippen molar-refractivity contribution in [1.82, 2.24) is 9.55 Å². The molecule has 1 aromatic heterocycles. The number of rotatable bonds is 1. The Morgan fingerprint density at radius 3 is 3.06 bits per heavy atom. The Hall–Kier alpha value is -1.77. The third-order valence-corrected chi connectivity index (χ3v) is 3.65. The van der Waals surface area contributed by atoms with E-state index in [9.17, 15) is 0 Å². The monoisotopic (exact) mass is 227 g/mol. The molecule has 1 unspecified atom stereocenters. The Kier molecular flexibility index (Phi) is 2.39. The maximum absolute atomic E-state index is 5.86. The average molecular weight is 227 g/mol. The molecule has 0 bridgehead atoms. The number of nitrogens with two attached hydrogens (primary N) is 1. The minimum Gasteiger partial charge on any atom is -0.399 e. The highest BCUT2D eigenvalue weighted by atomic mass is 15.1. The van der Waals surface area contributed by atoms with Crippen LogP contribution in [0.15, 0.2) is 30.7 Å². The number of anilines is 1. The molecule has 3 nitrogen and oxygen atoms in total. The third-order valence-electron chi connectivity index (χ3n) is 3.65. The van der Waals surface area contributed by atoms with Crippen LogP contribution in [-0.4, -0.2) is 9.55 Å². The summed E-state index contributed by atoms with van der Waals surface area (Å²) in [6.45, 7) is 2.11. The number of fused-ring (bicyclic) bond motifs is 1. The second-order valence-electron chi connectivity index (χ2n) is 4.81. The van der Waals surface area contributed by atoms with E-state index in [4.69, 9.17) is 5.73 Å². The van der Waals surface area contributed by atoms with Gasteiger partial charge in [-0.1, -0.05) is 6.07 Å². The molecule has 0 amide bonds. The van der Waals surface area contributed by atoms with Crippen molar-refractivity contribution in [2.45, 2.75) is 32.2 Å². The summed E-state index contributed by atoms with van der Waals surface area (Å²) in [5, 5.41) is 0. The minimum atomic E-state index is 0.432. The van der Waals surface area contributed by atoms with Crippen molar-refractivity contribution in [3.8, 4) is 0 Å². The molecule has 1 heterocycles. The highest BCUT2D eigenvalue weighted by Crippen LogP contribution is 2.34. The van der Waals surface area contributed by atoms with Crippen LogP contribution in [0.3, 0.4) is 0 Å². The van der Waals surface area contributed by atoms with Gasteiger partial charge in [-0.2, -0.15) is 0 Å². The molecule has 0 saturated heterocycles. The predicted octanol–water partition coefficient (Wildman–Crippen LogP) is 2.70. The summed E-state index contributed by atoms with van der Waals surface area (Å²) >= 11 is 0. The van der Waals surface area contributed by atoms with Crippen molar-refractivity contribution < 1.29 is 0 Å². The summed E-state index contributed by atoms with van der Waals surface area (Å²) in [5.74, 6) is 0. The van der Waals surface area contributed by atoms with Crippen LogP contribution in [0.5, 0.6) is 0 Å². The summed E-state index contributed by atoms with van der Waals surface area (Å²) in [6, 6.07) is 6.73. The van der Waals surface area contributed by atoms with Crippen molar-refractivity contribution >= 4 is 5.69 Å². The first-order valence-electron chi connectivity index (χ1n) is 6.12. The van der Waals surface area contributed by atoms with Crippen molar-refractivity contribution in [2.75, 3.05) is 5.73 Å². The smallest absolute Gasteiger partial charge is 0.0953 e. The summed E-state index contributed by atoms with van der Waals surface area (Å²) in [4.78, 5) is 4.23. The molecule has 0 saturated carbocycles. The Bertz CT molecular complexity index is 542. The molecule has 0 aliphatic heterocycles. The molecule has 1 aliphatic carbocycles. The second kappa shape index (κ2) is 3.91. The maximum atomic E-state index is 5.86. The van der Waals surface area contributed by atoms with Crippen LogP contribution in [0.1, 0.15) is 35.7 Å². The largest absolute Gasteiger partial charge is 0.399 e. The van der Waals surface area contributed by atoms with Crippen LogP contribution in [-0.2, 0) is 6.42 Å². The number of benzene rings is 1. The molecule has 0 fully saturated rings. The quantitative estimate of drug-likeness (QED) is 0.761. The Balaban J connectivity index is 2.08. The lowest BCUT2D eigenvalue weighted by Crippen LogP contribution is -2.17. The van der Waals surface area contributed by atoms with Crippen molar-refractivity contribution in [2.24, 2.45) is 0 Å². The van der Waals surface area contributed by atoms with Crippen molar-refractivity contribution in [3.05, 3.63) is 47.5 Å². The van der Waals surface area contributed by atoms with Crippen LogP contribution in [0.2, 0.25) is 0 Å². The normalized spacial score (nSPS) is 19.0. The molecule has 1 aromatic carbocycles. The molecular formula is C14H17N3. The maximum Gasteiger partial charge on any atom is 0.0953 e. The summed E-state index contributed by atoms with van der Waals surface area (Å²) in [7, 11) is 0. The SMILES string of the molecule is Cc1cncn1C1CCCc2cc(N)ccc21. The fourth-order valence-corrected chi connectivity index (χ4v) is 2.79. The molecule has 88 valence electrons. The van der Waals surface area contributed by atoms with E-state index in [2.05, 4.69) is 28.6 Å². The third kappa shape index (κ3) is 1.71. The van der Waals surface area contributed by atoms with Crippen LogP contribution in [0.4, 0.5) is 5.69 Å². The first-order valence-corrected chi connectivity index (χ1v) is 6.12. The molecule has 2 aromatic rings. The number of hydrogen-bond donors (Lipinski definition) is 1. The van der Waals surface area contributed by atoms with Gasteiger partial charge < -0.3 is 10.3 Å². The highest BCUT2D eigenvalue weighted by molar-refractivity contribution is 5.47. The van der Waals surface area contributed by atoms with E-state index in [1.54, 1.807) is 0 Å². The second-order valence-corrected chi connectivity index (χ2v) is 4.81. The van der Waals surface area contributed by atoms with Gasteiger partial charge >= 0.3 is 0 Å². The lowest BCUT2D eigenvalue weighted by Gasteiger charge is -2.27. The zero-order chi connectivity index (χ0) is 11.8. The van der Waals surface area contributed by atoms with E-state index in [0.717, 1.165) is 12.1 Å². The first-order chi connectivity index (χ1) is 8.25. The molecular weight excluding hydrogens is 210 g/mol.